The normalized spacial score (nSPS) is 14.6. The predicted octanol–water partition coefficient (Wildman–Crippen LogP) is 2.80. The third-order valence-electron chi connectivity index (χ3n) is 6.08. The summed E-state index contributed by atoms with van der Waals surface area (Å²) >= 11 is 0. The lowest BCUT2D eigenvalue weighted by atomic mass is 10.1. The Morgan fingerprint density at radius 3 is 2.89 bits per heavy atom. The molecule has 0 aliphatic carbocycles. The quantitative estimate of drug-likeness (QED) is 0.294. The highest BCUT2D eigenvalue weighted by Gasteiger charge is 2.21. The average molecular weight is 505 g/mol. The van der Waals surface area contributed by atoms with Gasteiger partial charge in [0.2, 0.25) is 0 Å². The summed E-state index contributed by atoms with van der Waals surface area (Å²) in [6.07, 6.45) is 5.41. The second-order valence-electron chi connectivity index (χ2n) is 8.90. The van der Waals surface area contributed by atoms with E-state index in [9.17, 15) is 14.3 Å². The van der Waals surface area contributed by atoms with E-state index in [0.717, 1.165) is 50.2 Å². The van der Waals surface area contributed by atoms with Gasteiger partial charge in [0.1, 0.15) is 23.8 Å². The van der Waals surface area contributed by atoms with E-state index in [1.165, 1.54) is 26.0 Å². The van der Waals surface area contributed by atoms with E-state index >= 15 is 0 Å². The number of carboxylic acid groups (broad SMARTS) is 1. The fraction of sp³-hybridized carbons (Fsp3) is 0.600. The van der Waals surface area contributed by atoms with Crippen LogP contribution in [0.4, 0.5) is 16.0 Å². The molecule has 10 nitrogen and oxygen atoms in total. The van der Waals surface area contributed by atoms with Crippen molar-refractivity contribution >= 4 is 17.6 Å². The van der Waals surface area contributed by atoms with Crippen LogP contribution in [0.15, 0.2) is 24.4 Å². The highest BCUT2D eigenvalue weighted by molar-refractivity contribution is 5.76. The van der Waals surface area contributed by atoms with Crippen LogP contribution < -0.4 is 15.4 Å². The minimum absolute atomic E-state index is 0.00385. The molecular formula is C25H37FN6O4. The van der Waals surface area contributed by atoms with Crippen LogP contribution in [0, 0.1) is 0 Å². The number of fused-ring (bicyclic) bond motifs is 1. The van der Waals surface area contributed by atoms with Crippen LogP contribution in [0.25, 0.3) is 0 Å². The van der Waals surface area contributed by atoms with E-state index in [2.05, 4.69) is 32.7 Å². The number of ether oxygens (including phenoxy) is 2. The molecule has 2 unspecified atom stereocenters. The first-order chi connectivity index (χ1) is 17.5. The van der Waals surface area contributed by atoms with Crippen molar-refractivity contribution < 1.29 is 23.8 Å². The standard InChI is InChI=1S/C25H37FN6O4/c1-35-17-19(26)16-32(14-4-3-7-20-9-8-18-6-5-12-27-23(18)29-20)15-11-21(24(33)34)30-22-10-13-28-25(31-22)36-2/h8-10,13,19,21H,3-7,11-12,14-17H2,1-2H3,(H,27,29)(H,33,34)(H,28,30,31). The number of aliphatic carboxylic acids is 1. The molecule has 0 saturated heterocycles. The summed E-state index contributed by atoms with van der Waals surface area (Å²) in [4.78, 5) is 26.6. The maximum atomic E-state index is 14.4. The maximum Gasteiger partial charge on any atom is 0.326 e. The van der Waals surface area contributed by atoms with Crippen LogP contribution in [0.3, 0.4) is 0 Å². The number of halogens is 1. The molecule has 0 aromatic carbocycles. The van der Waals surface area contributed by atoms with Crippen molar-refractivity contribution in [1.29, 1.82) is 0 Å². The highest BCUT2D eigenvalue weighted by Crippen LogP contribution is 2.20. The Bertz CT molecular complexity index is 966. The summed E-state index contributed by atoms with van der Waals surface area (Å²) in [5.74, 6) is 0.345. The van der Waals surface area contributed by atoms with Gasteiger partial charge in [-0.2, -0.15) is 4.98 Å². The zero-order valence-corrected chi connectivity index (χ0v) is 21.1. The molecule has 0 saturated carbocycles. The van der Waals surface area contributed by atoms with E-state index < -0.39 is 18.2 Å². The number of carboxylic acids is 1. The number of carbonyl (C=O) groups is 1. The Morgan fingerprint density at radius 1 is 1.25 bits per heavy atom. The number of pyridine rings is 1. The molecule has 0 bridgehead atoms. The van der Waals surface area contributed by atoms with Gasteiger partial charge in [0.15, 0.2) is 0 Å². The number of unbranched alkanes of at least 4 members (excludes halogenated alkanes) is 1. The summed E-state index contributed by atoms with van der Waals surface area (Å²) in [6, 6.07) is 5.08. The van der Waals surface area contributed by atoms with E-state index in [4.69, 9.17) is 14.5 Å². The van der Waals surface area contributed by atoms with Crippen molar-refractivity contribution in [3.63, 3.8) is 0 Å². The first kappa shape index (κ1) is 27.5. The van der Waals surface area contributed by atoms with Crippen molar-refractivity contribution in [3.8, 4) is 6.01 Å². The van der Waals surface area contributed by atoms with Gasteiger partial charge in [0.05, 0.1) is 13.7 Å². The second kappa shape index (κ2) is 14.5. The molecule has 0 radical (unpaired) electrons. The zero-order chi connectivity index (χ0) is 25.8. The molecule has 3 heterocycles. The molecule has 0 amide bonds. The van der Waals surface area contributed by atoms with Crippen molar-refractivity contribution in [2.45, 2.75) is 50.7 Å². The van der Waals surface area contributed by atoms with Crippen molar-refractivity contribution in [3.05, 3.63) is 35.7 Å². The fourth-order valence-electron chi connectivity index (χ4n) is 4.22. The van der Waals surface area contributed by atoms with Gasteiger partial charge in [0.25, 0.3) is 0 Å². The highest BCUT2D eigenvalue weighted by atomic mass is 19.1. The largest absolute Gasteiger partial charge is 0.480 e. The Morgan fingerprint density at radius 2 is 2.11 bits per heavy atom. The van der Waals surface area contributed by atoms with Crippen LogP contribution in [-0.4, -0.2) is 90.1 Å². The van der Waals surface area contributed by atoms with Crippen molar-refractivity contribution in [2.75, 3.05) is 57.6 Å². The van der Waals surface area contributed by atoms with Crippen LogP contribution in [0.1, 0.15) is 36.9 Å². The zero-order valence-electron chi connectivity index (χ0n) is 21.1. The van der Waals surface area contributed by atoms with Crippen LogP contribution in [-0.2, 0) is 22.4 Å². The number of methoxy groups -OCH3 is 2. The number of aryl methyl sites for hydroxylation is 2. The van der Waals surface area contributed by atoms with Gasteiger partial charge in [-0.3, -0.25) is 0 Å². The Kier molecular flexibility index (Phi) is 11.1. The first-order valence-electron chi connectivity index (χ1n) is 12.4. The van der Waals surface area contributed by atoms with Crippen LogP contribution in [0.5, 0.6) is 6.01 Å². The first-order valence-corrected chi connectivity index (χ1v) is 12.4. The fourth-order valence-corrected chi connectivity index (χ4v) is 4.22. The van der Waals surface area contributed by atoms with Crippen molar-refractivity contribution in [1.82, 2.24) is 19.9 Å². The number of hydrogen-bond acceptors (Lipinski definition) is 9. The van der Waals surface area contributed by atoms with Gasteiger partial charge in [0, 0.05) is 38.6 Å². The summed E-state index contributed by atoms with van der Waals surface area (Å²) in [5, 5.41) is 16.0. The molecule has 36 heavy (non-hydrogen) atoms. The van der Waals surface area contributed by atoms with Gasteiger partial charge < -0.3 is 30.1 Å². The predicted molar refractivity (Wildman–Crippen MR) is 135 cm³/mol. The molecule has 1 aliphatic heterocycles. The van der Waals surface area contributed by atoms with Crippen LogP contribution in [0.2, 0.25) is 0 Å². The number of nitrogens with one attached hydrogen (secondary N) is 2. The van der Waals surface area contributed by atoms with E-state index in [0.29, 0.717) is 18.9 Å². The minimum Gasteiger partial charge on any atom is -0.480 e. The van der Waals surface area contributed by atoms with E-state index in [1.54, 1.807) is 6.07 Å². The van der Waals surface area contributed by atoms with Gasteiger partial charge in [-0.05, 0) is 62.8 Å². The molecular weight excluding hydrogens is 467 g/mol. The number of anilines is 2. The third kappa shape index (κ3) is 8.87. The topological polar surface area (TPSA) is 122 Å². The second-order valence-corrected chi connectivity index (χ2v) is 8.90. The number of nitrogens with zero attached hydrogens (tertiary/aromatic N) is 4. The number of aromatic nitrogens is 3. The maximum absolute atomic E-state index is 14.4. The molecule has 11 heteroatoms. The summed E-state index contributed by atoms with van der Waals surface area (Å²) in [5.41, 5.74) is 2.32. The van der Waals surface area contributed by atoms with Gasteiger partial charge in [-0.25, -0.2) is 19.2 Å². The number of rotatable bonds is 16. The summed E-state index contributed by atoms with van der Waals surface area (Å²) in [7, 11) is 2.91. The average Bonchev–Trinajstić information content (AvgIpc) is 2.88. The van der Waals surface area contributed by atoms with Gasteiger partial charge >= 0.3 is 12.0 Å². The SMILES string of the molecule is COCC(F)CN(CCCCc1ccc2c(n1)NCCC2)CCC(Nc1ccnc(OC)n1)C(=O)O. The Balaban J connectivity index is 1.52. The lowest BCUT2D eigenvalue weighted by Crippen LogP contribution is -2.38. The van der Waals surface area contributed by atoms with E-state index in [1.807, 2.05) is 4.90 Å². The molecule has 1 aliphatic rings. The molecule has 0 fully saturated rings. The molecule has 2 aromatic heterocycles. The van der Waals surface area contributed by atoms with E-state index in [-0.39, 0.29) is 25.6 Å². The molecule has 0 spiro atoms. The monoisotopic (exact) mass is 504 g/mol. The number of alkyl halides is 1. The smallest absolute Gasteiger partial charge is 0.326 e. The van der Waals surface area contributed by atoms with Crippen molar-refractivity contribution in [2.24, 2.45) is 0 Å². The molecule has 198 valence electrons. The third-order valence-corrected chi connectivity index (χ3v) is 6.08. The molecule has 2 aromatic rings. The van der Waals surface area contributed by atoms with Crippen LogP contribution >= 0.6 is 0 Å². The summed E-state index contributed by atoms with van der Waals surface area (Å²) < 4.78 is 24.3. The number of hydrogen-bond donors (Lipinski definition) is 3. The minimum atomic E-state index is -1.15. The molecule has 3 rings (SSSR count). The Hall–Kier alpha value is -3.05. The molecule has 3 N–H and O–H groups in total. The lowest BCUT2D eigenvalue weighted by molar-refractivity contribution is -0.138. The molecule has 2 atom stereocenters. The Labute approximate surface area is 211 Å². The van der Waals surface area contributed by atoms with Gasteiger partial charge in [-0.15, -0.1) is 0 Å². The lowest BCUT2D eigenvalue weighted by Gasteiger charge is -2.26. The summed E-state index contributed by atoms with van der Waals surface area (Å²) in [6.45, 7) is 2.21. The van der Waals surface area contributed by atoms with Gasteiger partial charge in [-0.1, -0.05) is 6.07 Å².